The van der Waals surface area contributed by atoms with Gasteiger partial charge in [0.05, 0.1) is 6.42 Å². The molecule has 0 aromatic heterocycles. The molecule has 0 heterocycles. The normalized spacial score (nSPS) is 12.8. The van der Waals surface area contributed by atoms with E-state index in [0.29, 0.717) is 0 Å². The number of hydrogen-bond acceptors (Lipinski definition) is 2. The van der Waals surface area contributed by atoms with E-state index in [-0.39, 0.29) is 12.5 Å². The third-order valence-corrected chi connectivity index (χ3v) is 3.15. The first-order chi connectivity index (χ1) is 8.58. The first-order valence-electron chi connectivity index (χ1n) is 5.95. The largest absolute Gasteiger partial charge is 0.481 e. The smallest absolute Gasteiger partial charge is 0.305 e. The quantitative estimate of drug-likeness (QED) is 0.897. The number of carboxylic acids is 1. The van der Waals surface area contributed by atoms with Gasteiger partial charge in [-0.2, -0.15) is 0 Å². The number of benzene rings is 2. The maximum atomic E-state index is 10.9. The molecule has 3 nitrogen and oxygen atoms in total. The summed E-state index contributed by atoms with van der Waals surface area (Å²) in [6.07, 6.45) is 0.116. The molecule has 0 aliphatic heterocycles. The first-order valence-corrected chi connectivity index (χ1v) is 5.95. The molecule has 0 amide bonds. The van der Waals surface area contributed by atoms with Crippen molar-refractivity contribution in [2.75, 3.05) is 14.1 Å². The van der Waals surface area contributed by atoms with Gasteiger partial charge >= 0.3 is 5.97 Å². The molecular formula is C15H17NO2. The van der Waals surface area contributed by atoms with Gasteiger partial charge in [-0.25, -0.2) is 0 Å². The van der Waals surface area contributed by atoms with Crippen molar-refractivity contribution in [2.45, 2.75) is 12.5 Å². The zero-order chi connectivity index (χ0) is 13.1. The summed E-state index contributed by atoms with van der Waals surface area (Å²) < 4.78 is 0. The Labute approximate surface area is 107 Å². The summed E-state index contributed by atoms with van der Waals surface area (Å²) in [6, 6.07) is 14.1. The monoisotopic (exact) mass is 243 g/mol. The second kappa shape index (κ2) is 5.19. The highest BCUT2D eigenvalue weighted by Crippen LogP contribution is 2.25. The van der Waals surface area contributed by atoms with Gasteiger partial charge in [-0.05, 0) is 36.5 Å². The number of fused-ring (bicyclic) bond motifs is 1. The summed E-state index contributed by atoms with van der Waals surface area (Å²) in [6.45, 7) is 0. The summed E-state index contributed by atoms with van der Waals surface area (Å²) in [5, 5.41) is 11.3. The minimum absolute atomic E-state index is 0.0906. The topological polar surface area (TPSA) is 40.5 Å². The number of nitrogens with zero attached hydrogens (tertiary/aromatic N) is 1. The van der Waals surface area contributed by atoms with Crippen LogP contribution in [0.15, 0.2) is 42.5 Å². The average Bonchev–Trinajstić information content (AvgIpc) is 2.35. The van der Waals surface area contributed by atoms with Crippen molar-refractivity contribution in [3.05, 3.63) is 48.0 Å². The van der Waals surface area contributed by atoms with Gasteiger partial charge in [-0.3, -0.25) is 4.79 Å². The fourth-order valence-corrected chi connectivity index (χ4v) is 2.18. The summed E-state index contributed by atoms with van der Waals surface area (Å²) in [5.41, 5.74) is 1.04. The molecule has 2 rings (SSSR count). The lowest BCUT2D eigenvalue weighted by molar-refractivity contribution is -0.138. The Balaban J connectivity index is 2.41. The lowest BCUT2D eigenvalue weighted by Gasteiger charge is -2.23. The second-order valence-electron chi connectivity index (χ2n) is 4.68. The van der Waals surface area contributed by atoms with Gasteiger partial charge in [-0.1, -0.05) is 36.4 Å². The number of carbonyl (C=O) groups is 1. The standard InChI is InChI=1S/C15H17NO2/c1-16(2)14(10-15(17)18)13-8-7-11-5-3-4-6-12(11)9-13/h3-9,14H,10H2,1-2H3,(H,17,18). The van der Waals surface area contributed by atoms with Crippen molar-refractivity contribution in [1.82, 2.24) is 4.90 Å². The van der Waals surface area contributed by atoms with Crippen molar-refractivity contribution in [3.8, 4) is 0 Å². The molecule has 0 saturated carbocycles. The van der Waals surface area contributed by atoms with Gasteiger partial charge in [0.2, 0.25) is 0 Å². The van der Waals surface area contributed by atoms with Crippen LogP contribution in [0.25, 0.3) is 10.8 Å². The predicted octanol–water partition coefficient (Wildman–Crippen LogP) is 2.92. The van der Waals surface area contributed by atoms with Crippen LogP contribution in [0.1, 0.15) is 18.0 Å². The second-order valence-corrected chi connectivity index (χ2v) is 4.68. The Morgan fingerprint density at radius 1 is 1.17 bits per heavy atom. The number of aliphatic carboxylic acids is 1. The Bertz CT molecular complexity index is 563. The van der Waals surface area contributed by atoms with Crippen molar-refractivity contribution in [2.24, 2.45) is 0 Å². The molecule has 1 unspecified atom stereocenters. The van der Waals surface area contributed by atoms with Crippen LogP contribution in [0.5, 0.6) is 0 Å². The van der Waals surface area contributed by atoms with E-state index in [1.807, 2.05) is 49.3 Å². The van der Waals surface area contributed by atoms with Crippen molar-refractivity contribution in [1.29, 1.82) is 0 Å². The number of carboxylic acid groups (broad SMARTS) is 1. The summed E-state index contributed by atoms with van der Waals surface area (Å²) in [5.74, 6) is -0.776. The highest BCUT2D eigenvalue weighted by molar-refractivity contribution is 5.83. The molecule has 18 heavy (non-hydrogen) atoms. The minimum atomic E-state index is -0.776. The lowest BCUT2D eigenvalue weighted by atomic mass is 9.99. The number of rotatable bonds is 4. The van der Waals surface area contributed by atoms with Crippen LogP contribution in [-0.2, 0) is 4.79 Å². The van der Waals surface area contributed by atoms with Crippen LogP contribution >= 0.6 is 0 Å². The molecule has 2 aromatic carbocycles. The van der Waals surface area contributed by atoms with E-state index in [2.05, 4.69) is 12.1 Å². The SMILES string of the molecule is CN(C)C(CC(=O)O)c1ccc2ccccc2c1. The van der Waals surface area contributed by atoms with E-state index in [1.54, 1.807) is 0 Å². The maximum absolute atomic E-state index is 10.9. The van der Waals surface area contributed by atoms with Gasteiger partial charge in [0.15, 0.2) is 0 Å². The van der Waals surface area contributed by atoms with Gasteiger partial charge in [0.1, 0.15) is 0 Å². The van der Waals surface area contributed by atoms with Crippen molar-refractivity contribution in [3.63, 3.8) is 0 Å². The predicted molar refractivity (Wildman–Crippen MR) is 72.6 cm³/mol. The Kier molecular flexibility index (Phi) is 3.63. The molecule has 0 saturated heterocycles. The molecular weight excluding hydrogens is 226 g/mol. The highest BCUT2D eigenvalue weighted by Gasteiger charge is 2.17. The van der Waals surface area contributed by atoms with Crippen LogP contribution in [-0.4, -0.2) is 30.1 Å². The average molecular weight is 243 g/mol. The van der Waals surface area contributed by atoms with Gasteiger partial charge in [0, 0.05) is 6.04 Å². The van der Waals surface area contributed by atoms with Crippen molar-refractivity contribution >= 4 is 16.7 Å². The van der Waals surface area contributed by atoms with Crippen LogP contribution in [0, 0.1) is 0 Å². The van der Waals surface area contributed by atoms with E-state index in [0.717, 1.165) is 10.9 Å². The molecule has 0 aliphatic rings. The maximum Gasteiger partial charge on any atom is 0.305 e. The first kappa shape index (κ1) is 12.6. The van der Waals surface area contributed by atoms with E-state index < -0.39 is 5.97 Å². The molecule has 0 bridgehead atoms. The van der Waals surface area contributed by atoms with Crippen LogP contribution in [0.3, 0.4) is 0 Å². The van der Waals surface area contributed by atoms with E-state index in [9.17, 15) is 4.79 Å². The molecule has 0 spiro atoms. The lowest BCUT2D eigenvalue weighted by Crippen LogP contribution is -2.22. The Morgan fingerprint density at radius 2 is 1.83 bits per heavy atom. The minimum Gasteiger partial charge on any atom is -0.481 e. The number of hydrogen-bond donors (Lipinski definition) is 1. The van der Waals surface area contributed by atoms with Crippen LogP contribution < -0.4 is 0 Å². The van der Waals surface area contributed by atoms with Gasteiger partial charge in [-0.15, -0.1) is 0 Å². The summed E-state index contributed by atoms with van der Waals surface area (Å²) in [7, 11) is 3.81. The molecule has 1 atom stereocenters. The summed E-state index contributed by atoms with van der Waals surface area (Å²) in [4.78, 5) is 12.9. The molecule has 2 aromatic rings. The molecule has 0 radical (unpaired) electrons. The van der Waals surface area contributed by atoms with E-state index >= 15 is 0 Å². The molecule has 3 heteroatoms. The molecule has 1 N–H and O–H groups in total. The van der Waals surface area contributed by atoms with Gasteiger partial charge < -0.3 is 10.0 Å². The highest BCUT2D eigenvalue weighted by atomic mass is 16.4. The van der Waals surface area contributed by atoms with E-state index in [4.69, 9.17) is 5.11 Å². The fraction of sp³-hybridized carbons (Fsp3) is 0.267. The van der Waals surface area contributed by atoms with Crippen LogP contribution in [0.4, 0.5) is 0 Å². The third-order valence-electron chi connectivity index (χ3n) is 3.15. The third kappa shape index (κ3) is 2.68. The molecule has 0 aliphatic carbocycles. The summed E-state index contributed by atoms with van der Waals surface area (Å²) >= 11 is 0. The zero-order valence-corrected chi connectivity index (χ0v) is 10.6. The van der Waals surface area contributed by atoms with Crippen molar-refractivity contribution < 1.29 is 9.90 Å². The Hall–Kier alpha value is -1.87. The Morgan fingerprint density at radius 3 is 2.44 bits per heavy atom. The van der Waals surface area contributed by atoms with E-state index in [1.165, 1.54) is 5.39 Å². The molecule has 94 valence electrons. The molecule has 0 fully saturated rings. The van der Waals surface area contributed by atoms with Gasteiger partial charge in [0.25, 0.3) is 0 Å². The fourth-order valence-electron chi connectivity index (χ4n) is 2.18. The van der Waals surface area contributed by atoms with Crippen LogP contribution in [0.2, 0.25) is 0 Å². The zero-order valence-electron chi connectivity index (χ0n) is 10.6.